The molecule has 0 unspecified atom stereocenters. The Balaban J connectivity index is 1.78. The number of thioether (sulfide) groups is 1. The van der Waals surface area contributed by atoms with E-state index in [0.29, 0.717) is 25.6 Å². The van der Waals surface area contributed by atoms with E-state index < -0.39 is 0 Å². The Labute approximate surface area is 145 Å². The zero-order valence-corrected chi connectivity index (χ0v) is 15.3. The van der Waals surface area contributed by atoms with E-state index in [1.165, 1.54) is 28.7 Å². The normalized spacial score (nSPS) is 21.0. The van der Waals surface area contributed by atoms with Crippen molar-refractivity contribution < 1.29 is 14.3 Å². The first kappa shape index (κ1) is 18.4. The van der Waals surface area contributed by atoms with Gasteiger partial charge in [0.25, 0.3) is 0 Å². The van der Waals surface area contributed by atoms with Crippen molar-refractivity contribution in [3.8, 4) is 0 Å². The second kappa shape index (κ2) is 9.36. The fraction of sp³-hybridized carbons (Fsp3) is 0.667. The summed E-state index contributed by atoms with van der Waals surface area (Å²) in [7, 11) is 0. The number of carbonyl (C=O) groups is 1. The van der Waals surface area contributed by atoms with E-state index in [-0.39, 0.29) is 18.1 Å². The number of carbonyl (C=O) groups excluding carboxylic acids is 1. The number of rotatable bonds is 7. The van der Waals surface area contributed by atoms with Crippen LogP contribution in [-0.2, 0) is 14.3 Å². The van der Waals surface area contributed by atoms with Gasteiger partial charge < -0.3 is 14.8 Å². The summed E-state index contributed by atoms with van der Waals surface area (Å²) in [6.45, 7) is 7.71. The molecular weight excluding hydrogens is 334 g/mol. The van der Waals surface area contributed by atoms with Crippen LogP contribution in [0.25, 0.3) is 0 Å². The molecule has 1 aliphatic rings. The van der Waals surface area contributed by atoms with Gasteiger partial charge in [-0.25, -0.2) is 0 Å². The third-order valence-electron chi connectivity index (χ3n) is 3.28. The predicted octanol–water partition coefficient (Wildman–Crippen LogP) is 2.20. The van der Waals surface area contributed by atoms with Crippen molar-refractivity contribution in [3.63, 3.8) is 0 Å². The Morgan fingerprint density at radius 1 is 1.52 bits per heavy atom. The maximum absolute atomic E-state index is 12.1. The van der Waals surface area contributed by atoms with Crippen LogP contribution in [0.3, 0.4) is 0 Å². The van der Waals surface area contributed by atoms with Crippen molar-refractivity contribution in [2.45, 2.75) is 43.7 Å². The van der Waals surface area contributed by atoms with Gasteiger partial charge in [0.2, 0.25) is 5.91 Å². The fourth-order valence-electron chi connectivity index (χ4n) is 2.10. The van der Waals surface area contributed by atoms with Crippen LogP contribution >= 0.6 is 23.1 Å². The molecule has 2 heterocycles. The van der Waals surface area contributed by atoms with Crippen LogP contribution < -0.4 is 5.32 Å². The van der Waals surface area contributed by atoms with Crippen LogP contribution in [0.1, 0.15) is 25.3 Å². The molecule has 1 aromatic heterocycles. The minimum atomic E-state index is -0.0985. The highest BCUT2D eigenvalue weighted by Gasteiger charge is 2.27. The van der Waals surface area contributed by atoms with Crippen molar-refractivity contribution in [2.24, 2.45) is 0 Å². The van der Waals surface area contributed by atoms with Crippen LogP contribution in [-0.4, -0.2) is 53.8 Å². The smallest absolute Gasteiger partial charge is 0.230 e. The first-order valence-corrected chi connectivity index (χ1v) is 9.40. The van der Waals surface area contributed by atoms with E-state index in [1.807, 2.05) is 26.8 Å². The van der Waals surface area contributed by atoms with E-state index >= 15 is 0 Å². The molecule has 2 rings (SSSR count). The van der Waals surface area contributed by atoms with E-state index in [4.69, 9.17) is 9.47 Å². The molecule has 1 aromatic rings. The second-order valence-electron chi connectivity index (χ2n) is 5.57. The van der Waals surface area contributed by atoms with Crippen LogP contribution in [0.5, 0.6) is 0 Å². The fourth-order valence-corrected chi connectivity index (χ4v) is 3.73. The number of ether oxygens (including phenoxy) is 2. The van der Waals surface area contributed by atoms with Gasteiger partial charge in [0, 0.05) is 6.61 Å². The molecule has 1 amide bonds. The predicted molar refractivity (Wildman–Crippen MR) is 91.9 cm³/mol. The monoisotopic (exact) mass is 357 g/mol. The third kappa shape index (κ3) is 6.58. The van der Waals surface area contributed by atoms with Crippen molar-refractivity contribution in [1.29, 1.82) is 0 Å². The Morgan fingerprint density at radius 3 is 3.04 bits per heavy atom. The van der Waals surface area contributed by atoms with Crippen molar-refractivity contribution in [3.05, 3.63) is 16.7 Å². The minimum absolute atomic E-state index is 0.00271. The van der Waals surface area contributed by atoms with E-state index in [0.717, 1.165) is 15.8 Å². The Hall–Kier alpha value is -0.960. The van der Waals surface area contributed by atoms with Crippen molar-refractivity contribution in [1.82, 2.24) is 15.5 Å². The molecular formula is C15H23N3O3S2. The van der Waals surface area contributed by atoms with Crippen molar-refractivity contribution >= 4 is 29.0 Å². The quantitative estimate of drug-likeness (QED) is 0.596. The zero-order chi connectivity index (χ0) is 16.7. The highest BCUT2D eigenvalue weighted by atomic mass is 32.2. The summed E-state index contributed by atoms with van der Waals surface area (Å²) >= 11 is 2.90. The summed E-state index contributed by atoms with van der Waals surface area (Å²) < 4.78 is 12.2. The lowest BCUT2D eigenvalue weighted by atomic mass is 10.1. The number of nitrogens with zero attached hydrogens (tertiary/aromatic N) is 2. The molecule has 0 aliphatic carbocycles. The molecule has 0 saturated carbocycles. The molecule has 1 N–H and O–H groups in total. The molecule has 1 fully saturated rings. The summed E-state index contributed by atoms with van der Waals surface area (Å²) in [5.74, 6) is 0.292. The molecule has 8 heteroatoms. The molecule has 0 radical (unpaired) electrons. The van der Waals surface area contributed by atoms with Gasteiger partial charge in [-0.2, -0.15) is 0 Å². The van der Waals surface area contributed by atoms with E-state index in [9.17, 15) is 4.79 Å². The van der Waals surface area contributed by atoms with Crippen molar-refractivity contribution in [2.75, 3.05) is 25.6 Å². The zero-order valence-electron chi connectivity index (χ0n) is 13.7. The average Bonchev–Trinajstić information content (AvgIpc) is 2.92. The number of allylic oxidation sites excluding steroid dienone is 1. The highest BCUT2D eigenvalue weighted by molar-refractivity contribution is 8.01. The number of aryl methyl sites for hydroxylation is 1. The first-order chi connectivity index (χ1) is 11.0. The Morgan fingerprint density at radius 2 is 2.35 bits per heavy atom. The lowest BCUT2D eigenvalue weighted by molar-refractivity contribution is -0.123. The van der Waals surface area contributed by atoms with Gasteiger partial charge in [0.1, 0.15) is 5.01 Å². The minimum Gasteiger partial charge on any atom is -0.379 e. The number of hydrogen-bond donors (Lipinski definition) is 1. The molecule has 1 saturated heterocycles. The summed E-state index contributed by atoms with van der Waals surface area (Å²) in [5.41, 5.74) is 1.22. The van der Waals surface area contributed by atoms with Gasteiger partial charge in [-0.15, -0.1) is 10.2 Å². The number of amides is 1. The SMILES string of the molecule is CC(C)=CCO[C@H]1CCOC[C@H]1NC(=O)CSc1nnc(C)s1. The van der Waals surface area contributed by atoms with Gasteiger partial charge in [0.15, 0.2) is 4.34 Å². The molecule has 0 bridgehead atoms. The highest BCUT2D eigenvalue weighted by Crippen LogP contribution is 2.21. The Kier molecular flexibility index (Phi) is 7.48. The molecule has 128 valence electrons. The second-order valence-corrected chi connectivity index (χ2v) is 7.97. The molecule has 1 aliphatic heterocycles. The number of aromatic nitrogens is 2. The summed E-state index contributed by atoms with van der Waals surface area (Å²) in [5, 5.41) is 11.9. The Bertz CT molecular complexity index is 544. The largest absolute Gasteiger partial charge is 0.379 e. The van der Waals surface area contributed by atoms with Crippen LogP contribution in [0.4, 0.5) is 0 Å². The topological polar surface area (TPSA) is 73.3 Å². The van der Waals surface area contributed by atoms with Crippen LogP contribution in [0, 0.1) is 6.92 Å². The van der Waals surface area contributed by atoms with Crippen LogP contribution in [0.2, 0.25) is 0 Å². The maximum atomic E-state index is 12.1. The van der Waals surface area contributed by atoms with Gasteiger partial charge in [0.05, 0.1) is 31.1 Å². The third-order valence-corrected chi connectivity index (χ3v) is 5.25. The number of hydrogen-bond acceptors (Lipinski definition) is 7. The molecule has 6 nitrogen and oxygen atoms in total. The molecule has 0 aromatic carbocycles. The summed E-state index contributed by atoms with van der Waals surface area (Å²) in [4.78, 5) is 12.1. The summed E-state index contributed by atoms with van der Waals surface area (Å²) in [6.07, 6.45) is 2.84. The van der Waals surface area contributed by atoms with Gasteiger partial charge in [-0.3, -0.25) is 4.79 Å². The lowest BCUT2D eigenvalue weighted by Gasteiger charge is -2.31. The molecule has 23 heavy (non-hydrogen) atoms. The molecule has 0 spiro atoms. The van der Waals surface area contributed by atoms with Gasteiger partial charge in [-0.05, 0) is 27.2 Å². The standard InChI is InChI=1S/C15H23N3O3S2/c1-10(2)4-7-21-13-5-6-20-8-12(13)16-14(19)9-22-15-18-17-11(3)23-15/h4,12-13H,5-9H2,1-3H3,(H,16,19)/t12-,13+/m1/s1. The first-order valence-electron chi connectivity index (χ1n) is 7.59. The average molecular weight is 358 g/mol. The van der Waals surface area contributed by atoms with Gasteiger partial charge in [-0.1, -0.05) is 34.7 Å². The molecule has 2 atom stereocenters. The van der Waals surface area contributed by atoms with Gasteiger partial charge >= 0.3 is 0 Å². The summed E-state index contributed by atoms with van der Waals surface area (Å²) in [6, 6.07) is -0.0985. The van der Waals surface area contributed by atoms with E-state index in [1.54, 1.807) is 0 Å². The van der Waals surface area contributed by atoms with Crippen LogP contribution in [0.15, 0.2) is 16.0 Å². The number of nitrogens with one attached hydrogen (secondary N) is 1. The lowest BCUT2D eigenvalue weighted by Crippen LogP contribution is -2.51. The van der Waals surface area contributed by atoms with E-state index in [2.05, 4.69) is 15.5 Å². The maximum Gasteiger partial charge on any atom is 0.230 e.